The van der Waals surface area contributed by atoms with Crippen LogP contribution in [0.15, 0.2) is 0 Å². The molecule has 1 fully saturated rings. The summed E-state index contributed by atoms with van der Waals surface area (Å²) in [5.41, 5.74) is -0.595. The van der Waals surface area contributed by atoms with Gasteiger partial charge in [0.1, 0.15) is 11.6 Å². The van der Waals surface area contributed by atoms with Gasteiger partial charge in [0.05, 0.1) is 12.5 Å². The van der Waals surface area contributed by atoms with Gasteiger partial charge in [0.25, 0.3) is 0 Å². The molecule has 0 aliphatic carbocycles. The average molecular weight is 264 g/mol. The smallest absolute Gasteiger partial charge is 0.411 e. The lowest BCUT2D eigenvalue weighted by Crippen LogP contribution is -2.43. The molecule has 0 aromatic rings. The largest absolute Gasteiger partial charge is 0.467 e. The van der Waals surface area contributed by atoms with Crippen LogP contribution < -0.4 is 0 Å². The Kier molecular flexibility index (Phi) is 4.25. The fourth-order valence-corrected chi connectivity index (χ4v) is 1.98. The van der Waals surface area contributed by atoms with Crippen molar-refractivity contribution in [3.63, 3.8) is 0 Å². The maximum absolute atomic E-state index is 11.9. The average Bonchev–Trinajstić information content (AvgIpc) is 2.56. The van der Waals surface area contributed by atoms with Gasteiger partial charge in [0, 0.05) is 6.54 Å². The lowest BCUT2D eigenvalue weighted by atomic mass is 10.2. The molecule has 17 heavy (non-hydrogen) atoms. The number of likely N-dealkylation sites (tertiary alicyclic amines) is 1. The molecule has 1 aliphatic rings. The number of methoxy groups -OCH3 is 1. The third-order valence-electron chi connectivity index (χ3n) is 2.35. The zero-order chi connectivity index (χ0) is 13.2. The van der Waals surface area contributed by atoms with Crippen molar-refractivity contribution in [3.8, 4) is 0 Å². The van der Waals surface area contributed by atoms with Gasteiger partial charge < -0.3 is 9.47 Å². The van der Waals surface area contributed by atoms with Crippen LogP contribution in [0.1, 0.15) is 27.2 Å². The molecule has 0 radical (unpaired) electrons. The summed E-state index contributed by atoms with van der Waals surface area (Å²) in [7, 11) is 1.29. The van der Waals surface area contributed by atoms with Crippen LogP contribution in [0.2, 0.25) is 0 Å². The van der Waals surface area contributed by atoms with Crippen molar-refractivity contribution in [2.75, 3.05) is 13.7 Å². The van der Waals surface area contributed by atoms with Gasteiger partial charge in [0.2, 0.25) is 0 Å². The number of esters is 1. The molecule has 0 aromatic heterocycles. The van der Waals surface area contributed by atoms with Gasteiger partial charge in [-0.1, -0.05) is 0 Å². The first-order valence-corrected chi connectivity index (χ1v) is 5.89. The highest BCUT2D eigenvalue weighted by molar-refractivity contribution is 6.21. The molecule has 1 amide bonds. The summed E-state index contributed by atoms with van der Waals surface area (Å²) in [5, 5.41) is -0.244. The Bertz CT molecular complexity index is 313. The number of halogens is 1. The van der Waals surface area contributed by atoms with Crippen LogP contribution in [0.3, 0.4) is 0 Å². The van der Waals surface area contributed by atoms with E-state index in [9.17, 15) is 9.59 Å². The SMILES string of the molecule is COC(=O)C1C[C@H](Cl)CN1C(=O)OC(C)(C)C. The predicted octanol–water partition coefficient (Wildman–Crippen LogP) is 1.78. The molecule has 0 saturated carbocycles. The number of amides is 1. The van der Waals surface area contributed by atoms with E-state index in [0.717, 1.165) is 0 Å². The van der Waals surface area contributed by atoms with E-state index < -0.39 is 23.7 Å². The van der Waals surface area contributed by atoms with E-state index in [-0.39, 0.29) is 5.38 Å². The second-order valence-corrected chi connectivity index (χ2v) is 5.62. The molecule has 2 atom stereocenters. The molecule has 1 unspecified atom stereocenters. The van der Waals surface area contributed by atoms with Gasteiger partial charge in [-0.05, 0) is 27.2 Å². The molecule has 0 aromatic carbocycles. The van der Waals surface area contributed by atoms with Crippen LogP contribution in [0.5, 0.6) is 0 Å². The molecule has 1 rings (SSSR count). The Hall–Kier alpha value is -0.970. The number of carbonyl (C=O) groups is 2. The van der Waals surface area contributed by atoms with E-state index >= 15 is 0 Å². The summed E-state index contributed by atoms with van der Waals surface area (Å²) in [6.45, 7) is 5.61. The Morgan fingerprint density at radius 2 is 1.94 bits per heavy atom. The summed E-state index contributed by atoms with van der Waals surface area (Å²) in [6, 6.07) is -0.641. The molecule has 0 spiro atoms. The zero-order valence-corrected chi connectivity index (χ0v) is 11.3. The Morgan fingerprint density at radius 3 is 2.41 bits per heavy atom. The minimum Gasteiger partial charge on any atom is -0.467 e. The summed E-state index contributed by atoms with van der Waals surface area (Å²) in [5.74, 6) is -0.459. The standard InChI is InChI=1S/C11H18ClNO4/c1-11(2,3)17-10(15)13-6-7(12)5-8(13)9(14)16-4/h7-8H,5-6H2,1-4H3/t7-,8?/m0/s1. The van der Waals surface area contributed by atoms with E-state index in [0.29, 0.717) is 13.0 Å². The topological polar surface area (TPSA) is 55.8 Å². The van der Waals surface area contributed by atoms with Gasteiger partial charge in [-0.25, -0.2) is 9.59 Å². The van der Waals surface area contributed by atoms with Gasteiger partial charge >= 0.3 is 12.1 Å². The number of carbonyl (C=O) groups excluding carboxylic acids is 2. The van der Waals surface area contributed by atoms with E-state index in [4.69, 9.17) is 16.3 Å². The molecule has 1 saturated heterocycles. The lowest BCUT2D eigenvalue weighted by Gasteiger charge is -2.27. The maximum Gasteiger partial charge on any atom is 0.411 e. The molecule has 1 heterocycles. The molecule has 0 bridgehead atoms. The normalized spacial score (nSPS) is 24.6. The molecular formula is C11H18ClNO4. The van der Waals surface area contributed by atoms with Gasteiger partial charge in [0.15, 0.2) is 0 Å². The third kappa shape index (κ3) is 3.77. The van der Waals surface area contributed by atoms with Crippen LogP contribution in [0, 0.1) is 0 Å². The molecule has 1 aliphatic heterocycles. The number of ether oxygens (including phenoxy) is 2. The van der Waals surface area contributed by atoms with Gasteiger partial charge in [-0.15, -0.1) is 11.6 Å². The fraction of sp³-hybridized carbons (Fsp3) is 0.818. The van der Waals surface area contributed by atoms with Crippen LogP contribution in [-0.2, 0) is 14.3 Å². The second-order valence-electron chi connectivity index (χ2n) is 5.00. The first kappa shape index (κ1) is 14.1. The lowest BCUT2D eigenvalue weighted by molar-refractivity contribution is -0.145. The molecule has 5 nitrogen and oxygen atoms in total. The van der Waals surface area contributed by atoms with Crippen LogP contribution >= 0.6 is 11.6 Å². The van der Waals surface area contributed by atoms with Crippen LogP contribution in [0.25, 0.3) is 0 Å². The van der Waals surface area contributed by atoms with Crippen molar-refractivity contribution in [3.05, 3.63) is 0 Å². The van der Waals surface area contributed by atoms with Crippen molar-refractivity contribution >= 4 is 23.7 Å². The van der Waals surface area contributed by atoms with Crippen molar-refractivity contribution in [1.29, 1.82) is 0 Å². The van der Waals surface area contributed by atoms with Crippen molar-refractivity contribution in [2.45, 2.75) is 44.2 Å². The highest BCUT2D eigenvalue weighted by Gasteiger charge is 2.41. The van der Waals surface area contributed by atoms with Crippen LogP contribution in [-0.4, -0.2) is 47.6 Å². The molecular weight excluding hydrogens is 246 g/mol. The number of rotatable bonds is 1. The highest BCUT2D eigenvalue weighted by atomic mass is 35.5. The number of nitrogens with zero attached hydrogens (tertiary/aromatic N) is 1. The van der Waals surface area contributed by atoms with E-state index in [1.165, 1.54) is 12.0 Å². The molecule has 98 valence electrons. The van der Waals surface area contributed by atoms with Crippen molar-refractivity contribution < 1.29 is 19.1 Å². The Labute approximate surface area is 106 Å². The Morgan fingerprint density at radius 1 is 1.35 bits per heavy atom. The quantitative estimate of drug-likeness (QED) is 0.534. The number of alkyl halides is 1. The van der Waals surface area contributed by atoms with E-state index in [1.54, 1.807) is 20.8 Å². The second kappa shape index (κ2) is 5.12. The van der Waals surface area contributed by atoms with Gasteiger partial charge in [-0.2, -0.15) is 0 Å². The zero-order valence-electron chi connectivity index (χ0n) is 10.5. The molecule has 0 N–H and O–H groups in total. The monoisotopic (exact) mass is 263 g/mol. The first-order chi connectivity index (χ1) is 7.74. The van der Waals surface area contributed by atoms with Gasteiger partial charge in [-0.3, -0.25) is 4.90 Å². The fourth-order valence-electron chi connectivity index (χ4n) is 1.67. The molecule has 6 heteroatoms. The maximum atomic E-state index is 11.9. The summed E-state index contributed by atoms with van der Waals surface area (Å²) in [4.78, 5) is 24.7. The minimum absolute atomic E-state index is 0.244. The Balaban J connectivity index is 2.73. The number of hydrogen-bond donors (Lipinski definition) is 0. The van der Waals surface area contributed by atoms with Crippen molar-refractivity contribution in [1.82, 2.24) is 4.90 Å². The summed E-state index contributed by atoms with van der Waals surface area (Å²) < 4.78 is 9.86. The first-order valence-electron chi connectivity index (χ1n) is 5.46. The predicted molar refractivity (Wildman–Crippen MR) is 63.0 cm³/mol. The third-order valence-corrected chi connectivity index (χ3v) is 2.67. The van der Waals surface area contributed by atoms with Crippen LogP contribution in [0.4, 0.5) is 4.79 Å². The van der Waals surface area contributed by atoms with E-state index in [2.05, 4.69) is 4.74 Å². The number of hydrogen-bond acceptors (Lipinski definition) is 4. The summed E-state index contributed by atoms with van der Waals surface area (Å²) >= 11 is 5.96. The highest BCUT2D eigenvalue weighted by Crippen LogP contribution is 2.25. The van der Waals surface area contributed by atoms with Crippen molar-refractivity contribution in [2.24, 2.45) is 0 Å². The van der Waals surface area contributed by atoms with E-state index in [1.807, 2.05) is 0 Å². The summed E-state index contributed by atoms with van der Waals surface area (Å²) in [6.07, 6.45) is -0.135. The minimum atomic E-state index is -0.641.